The van der Waals surface area contributed by atoms with Gasteiger partial charge in [-0.05, 0) is 70.8 Å². The van der Waals surface area contributed by atoms with Crippen LogP contribution in [0.1, 0.15) is 65.7 Å². The maximum atomic E-state index is 13.1. The largest absolute Gasteiger partial charge is 0.345 e. The lowest BCUT2D eigenvalue weighted by Crippen LogP contribution is -2.30. The van der Waals surface area contributed by atoms with Crippen molar-refractivity contribution in [1.29, 1.82) is 0 Å². The van der Waals surface area contributed by atoms with Gasteiger partial charge in [0.25, 0.3) is 0 Å². The molecular formula is C25H31N5OS. The molecule has 0 N–H and O–H groups in total. The lowest BCUT2D eigenvalue weighted by Gasteiger charge is -2.26. The minimum Gasteiger partial charge on any atom is -0.345 e. The number of carbonyl (C=O) groups excluding carboxylic acids is 1. The van der Waals surface area contributed by atoms with Crippen LogP contribution in [0.2, 0.25) is 0 Å². The van der Waals surface area contributed by atoms with E-state index in [0.29, 0.717) is 11.8 Å². The van der Waals surface area contributed by atoms with E-state index in [4.69, 9.17) is 0 Å². The molecule has 0 amide bonds. The van der Waals surface area contributed by atoms with Gasteiger partial charge in [0, 0.05) is 28.7 Å². The first-order valence-electron chi connectivity index (χ1n) is 11.7. The van der Waals surface area contributed by atoms with Crippen LogP contribution in [0.4, 0.5) is 0 Å². The summed E-state index contributed by atoms with van der Waals surface area (Å²) < 4.78 is 4.46. The number of benzene rings is 1. The maximum Gasteiger partial charge on any atom is 0.196 e. The van der Waals surface area contributed by atoms with Crippen LogP contribution in [-0.4, -0.2) is 48.9 Å². The molecule has 0 bridgehead atoms. The molecule has 1 aliphatic carbocycles. The molecule has 3 aromatic rings. The summed E-state index contributed by atoms with van der Waals surface area (Å²) in [7, 11) is 0. The zero-order valence-electron chi connectivity index (χ0n) is 19.0. The van der Waals surface area contributed by atoms with Crippen molar-refractivity contribution < 1.29 is 4.79 Å². The van der Waals surface area contributed by atoms with Gasteiger partial charge in [-0.15, -0.1) is 10.2 Å². The molecule has 0 atom stereocenters. The number of hydrogen-bond acceptors (Lipinski definition) is 5. The van der Waals surface area contributed by atoms with E-state index >= 15 is 0 Å². The zero-order valence-corrected chi connectivity index (χ0v) is 19.8. The van der Waals surface area contributed by atoms with Crippen molar-refractivity contribution in [1.82, 2.24) is 24.2 Å². The van der Waals surface area contributed by atoms with Crippen molar-refractivity contribution in [2.45, 2.75) is 63.7 Å². The Bertz CT molecular complexity index is 1090. The fourth-order valence-corrected chi connectivity index (χ4v) is 5.67. The van der Waals surface area contributed by atoms with Gasteiger partial charge in [0.2, 0.25) is 0 Å². The van der Waals surface area contributed by atoms with Crippen molar-refractivity contribution in [3.8, 4) is 5.69 Å². The number of likely N-dealkylation sites (tertiary alicyclic amines) is 1. The summed E-state index contributed by atoms with van der Waals surface area (Å²) in [4.78, 5) is 15.6. The molecule has 1 aliphatic heterocycles. The Morgan fingerprint density at radius 3 is 2.53 bits per heavy atom. The summed E-state index contributed by atoms with van der Waals surface area (Å²) in [5.74, 6) is 1.47. The van der Waals surface area contributed by atoms with E-state index in [9.17, 15) is 4.79 Å². The number of hydrogen-bond donors (Lipinski definition) is 0. The number of nitrogens with zero attached hydrogens (tertiary/aromatic N) is 5. The number of aryl methyl sites for hydroxylation is 1. The molecule has 0 unspecified atom stereocenters. The molecule has 0 radical (unpaired) electrons. The minimum absolute atomic E-state index is 0.162. The van der Waals surface area contributed by atoms with Crippen LogP contribution in [0.25, 0.3) is 5.69 Å². The normalized spacial score (nSPS) is 17.1. The molecule has 2 aliphatic rings. The summed E-state index contributed by atoms with van der Waals surface area (Å²) in [5.41, 5.74) is 4.19. The van der Waals surface area contributed by atoms with Gasteiger partial charge >= 0.3 is 0 Å². The molecule has 32 heavy (non-hydrogen) atoms. The predicted octanol–water partition coefficient (Wildman–Crippen LogP) is 4.98. The van der Waals surface area contributed by atoms with Crippen molar-refractivity contribution in [2.24, 2.45) is 0 Å². The summed E-state index contributed by atoms with van der Waals surface area (Å²) in [6.45, 7) is 7.19. The van der Waals surface area contributed by atoms with Gasteiger partial charge in [-0.1, -0.05) is 36.4 Å². The number of piperidine rings is 1. The first-order valence-corrected chi connectivity index (χ1v) is 12.7. The summed E-state index contributed by atoms with van der Waals surface area (Å²) >= 11 is 1.49. The summed E-state index contributed by atoms with van der Waals surface area (Å²) in [6, 6.07) is 12.9. The van der Waals surface area contributed by atoms with Crippen LogP contribution in [0.15, 0.2) is 41.6 Å². The van der Waals surface area contributed by atoms with Crippen molar-refractivity contribution in [2.75, 3.05) is 18.8 Å². The molecule has 3 heterocycles. The molecule has 5 rings (SSSR count). The number of para-hydroxylation sites is 1. The van der Waals surface area contributed by atoms with Gasteiger partial charge in [0.05, 0.1) is 12.3 Å². The van der Waals surface area contributed by atoms with E-state index in [0.717, 1.165) is 47.6 Å². The monoisotopic (exact) mass is 449 g/mol. The smallest absolute Gasteiger partial charge is 0.196 e. The fraction of sp³-hybridized carbons (Fsp3) is 0.480. The third kappa shape index (κ3) is 4.41. The second kappa shape index (κ2) is 9.24. The van der Waals surface area contributed by atoms with E-state index in [-0.39, 0.29) is 5.78 Å². The summed E-state index contributed by atoms with van der Waals surface area (Å²) in [5, 5.41) is 9.82. The van der Waals surface area contributed by atoms with Crippen LogP contribution < -0.4 is 0 Å². The fourth-order valence-electron chi connectivity index (χ4n) is 4.81. The Kier molecular flexibility index (Phi) is 6.20. The first-order chi connectivity index (χ1) is 15.6. The van der Waals surface area contributed by atoms with E-state index in [1.54, 1.807) is 0 Å². The second-order valence-corrected chi connectivity index (χ2v) is 9.95. The molecule has 1 aromatic carbocycles. The highest BCUT2D eigenvalue weighted by Gasteiger charge is 2.28. The Hall–Kier alpha value is -2.38. The Balaban J connectivity index is 1.36. The number of ketones is 1. The van der Waals surface area contributed by atoms with Crippen LogP contribution in [0.3, 0.4) is 0 Å². The third-order valence-electron chi connectivity index (χ3n) is 6.56. The number of rotatable bonds is 8. The molecule has 2 aromatic heterocycles. The molecule has 2 fully saturated rings. The number of thioether (sulfide) groups is 1. The molecule has 1 saturated heterocycles. The molecule has 7 heteroatoms. The van der Waals surface area contributed by atoms with Crippen LogP contribution >= 0.6 is 11.8 Å². The van der Waals surface area contributed by atoms with Crippen LogP contribution in [-0.2, 0) is 6.54 Å². The Morgan fingerprint density at radius 2 is 1.81 bits per heavy atom. The second-order valence-electron chi connectivity index (χ2n) is 9.00. The number of carbonyl (C=O) groups is 1. The van der Waals surface area contributed by atoms with Gasteiger partial charge in [-0.2, -0.15) is 0 Å². The van der Waals surface area contributed by atoms with Gasteiger partial charge in [-0.3, -0.25) is 14.3 Å². The lowest BCUT2D eigenvalue weighted by atomic mass is 10.1. The molecular weight excluding hydrogens is 418 g/mol. The van der Waals surface area contributed by atoms with Crippen LogP contribution in [0, 0.1) is 13.8 Å². The van der Waals surface area contributed by atoms with Gasteiger partial charge < -0.3 is 4.57 Å². The van der Waals surface area contributed by atoms with Crippen molar-refractivity contribution >= 4 is 17.5 Å². The van der Waals surface area contributed by atoms with E-state index in [1.807, 2.05) is 18.2 Å². The van der Waals surface area contributed by atoms with Crippen LogP contribution in [0.5, 0.6) is 0 Å². The zero-order chi connectivity index (χ0) is 22.1. The SMILES string of the molecule is Cc1cc(C(=O)CSc2nnc(CN3CCCCC3)n2-c2ccccc2)c(C)n1C1CC1. The molecule has 168 valence electrons. The lowest BCUT2D eigenvalue weighted by molar-refractivity contribution is 0.102. The molecule has 6 nitrogen and oxygen atoms in total. The van der Waals surface area contributed by atoms with E-state index in [1.165, 1.54) is 49.6 Å². The van der Waals surface area contributed by atoms with Gasteiger partial charge in [0.1, 0.15) is 0 Å². The Labute approximate surface area is 194 Å². The topological polar surface area (TPSA) is 56.0 Å². The van der Waals surface area contributed by atoms with E-state index < -0.39 is 0 Å². The van der Waals surface area contributed by atoms with Gasteiger partial charge in [-0.25, -0.2) is 0 Å². The maximum absolute atomic E-state index is 13.1. The number of aromatic nitrogens is 4. The van der Waals surface area contributed by atoms with Crippen molar-refractivity contribution in [3.63, 3.8) is 0 Å². The molecule has 0 spiro atoms. The first kappa shape index (κ1) is 21.5. The molecule has 1 saturated carbocycles. The quantitative estimate of drug-likeness (QED) is 0.359. The number of Topliss-reactive ketones (excluding diaryl/α,β-unsaturated/α-hetero) is 1. The predicted molar refractivity (Wildman–Crippen MR) is 128 cm³/mol. The average Bonchev–Trinajstić information content (AvgIpc) is 3.49. The minimum atomic E-state index is 0.162. The standard InChI is InChI=1S/C25H31N5OS/c1-18-15-22(19(2)29(18)21-11-12-21)23(31)17-32-25-27-26-24(16-28-13-7-4-8-14-28)30(25)20-9-5-3-6-10-20/h3,5-6,9-10,15,21H,4,7-8,11-14,16-17H2,1-2H3. The van der Waals surface area contributed by atoms with E-state index in [2.05, 4.69) is 56.3 Å². The highest BCUT2D eigenvalue weighted by molar-refractivity contribution is 7.99. The average molecular weight is 450 g/mol. The highest BCUT2D eigenvalue weighted by Crippen LogP contribution is 2.38. The summed E-state index contributed by atoms with van der Waals surface area (Å²) in [6.07, 6.45) is 6.24. The third-order valence-corrected chi connectivity index (χ3v) is 7.49. The highest BCUT2D eigenvalue weighted by atomic mass is 32.2. The van der Waals surface area contributed by atoms with Crippen molar-refractivity contribution in [3.05, 3.63) is 59.2 Å². The Morgan fingerprint density at radius 1 is 1.06 bits per heavy atom. The van der Waals surface area contributed by atoms with Gasteiger partial charge in [0.15, 0.2) is 16.8 Å².